The molecule has 1 aromatic heterocycles. The molecule has 6 heteroatoms. The van der Waals surface area contributed by atoms with Crippen LogP contribution in [0, 0.1) is 12.7 Å². The van der Waals surface area contributed by atoms with Gasteiger partial charge in [-0.05, 0) is 36.1 Å². The number of benzene rings is 2. The summed E-state index contributed by atoms with van der Waals surface area (Å²) in [4.78, 5) is 17.9. The molecule has 3 aromatic rings. The summed E-state index contributed by atoms with van der Waals surface area (Å²) in [6.07, 6.45) is 0. The number of hydrogen-bond donors (Lipinski definition) is 0. The van der Waals surface area contributed by atoms with Gasteiger partial charge in [-0.2, -0.15) is 0 Å². The summed E-state index contributed by atoms with van der Waals surface area (Å²) in [6, 6.07) is 16.5. The fourth-order valence-electron chi connectivity index (χ4n) is 3.62. The molecule has 2 aromatic carbocycles. The van der Waals surface area contributed by atoms with Crippen LogP contribution in [0.3, 0.4) is 0 Å². The maximum Gasteiger partial charge on any atom is 0.264 e. The Labute approximate surface area is 180 Å². The van der Waals surface area contributed by atoms with Crippen molar-refractivity contribution in [1.82, 2.24) is 9.80 Å². The van der Waals surface area contributed by atoms with Crippen LogP contribution in [0.4, 0.5) is 4.39 Å². The first-order valence-electron chi connectivity index (χ1n) is 10.1. The van der Waals surface area contributed by atoms with Crippen LogP contribution < -0.4 is 4.74 Å². The van der Waals surface area contributed by atoms with Gasteiger partial charge in [0, 0.05) is 44.4 Å². The second-order valence-electron chi connectivity index (χ2n) is 7.62. The summed E-state index contributed by atoms with van der Waals surface area (Å²) in [5.74, 6) is 0.237. The first-order chi connectivity index (χ1) is 14.6. The third-order valence-corrected chi connectivity index (χ3v) is 6.18. The van der Waals surface area contributed by atoms with Gasteiger partial charge in [0.15, 0.2) is 0 Å². The Morgan fingerprint density at radius 1 is 1.03 bits per heavy atom. The predicted molar refractivity (Wildman–Crippen MR) is 117 cm³/mol. The molecule has 1 aliphatic rings. The van der Waals surface area contributed by atoms with Gasteiger partial charge in [0.25, 0.3) is 5.91 Å². The van der Waals surface area contributed by atoms with E-state index in [1.54, 1.807) is 12.1 Å². The van der Waals surface area contributed by atoms with Crippen molar-refractivity contribution in [2.75, 3.05) is 26.2 Å². The van der Waals surface area contributed by atoms with E-state index in [0.29, 0.717) is 12.4 Å². The van der Waals surface area contributed by atoms with Crippen LogP contribution in [-0.4, -0.2) is 41.9 Å². The standard InChI is InChI=1S/C24H25FN2O2S/c1-18-4-2-5-19(12-18)15-26-8-10-27(11-9-26)24(28)23-13-20(17-30-23)16-29-22-7-3-6-21(25)14-22/h2-7,12-14,17H,8-11,15-16H2,1H3. The summed E-state index contributed by atoms with van der Waals surface area (Å²) < 4.78 is 18.9. The van der Waals surface area contributed by atoms with Crippen LogP contribution in [0.1, 0.15) is 26.4 Å². The third kappa shape index (κ3) is 5.26. The molecular weight excluding hydrogens is 399 g/mol. The van der Waals surface area contributed by atoms with Crippen molar-refractivity contribution < 1.29 is 13.9 Å². The van der Waals surface area contributed by atoms with E-state index in [-0.39, 0.29) is 11.7 Å². The van der Waals surface area contributed by atoms with Gasteiger partial charge in [-0.15, -0.1) is 11.3 Å². The van der Waals surface area contributed by atoms with E-state index in [2.05, 4.69) is 36.1 Å². The summed E-state index contributed by atoms with van der Waals surface area (Å²) >= 11 is 1.44. The summed E-state index contributed by atoms with van der Waals surface area (Å²) in [5, 5.41) is 1.93. The SMILES string of the molecule is Cc1cccc(CN2CCN(C(=O)c3cc(COc4cccc(F)c4)cs3)CC2)c1. The smallest absolute Gasteiger partial charge is 0.264 e. The van der Waals surface area contributed by atoms with Crippen LogP contribution >= 0.6 is 11.3 Å². The zero-order chi connectivity index (χ0) is 20.9. The second kappa shape index (κ2) is 9.41. The Balaban J connectivity index is 1.28. The predicted octanol–water partition coefficient (Wildman–Crippen LogP) is 4.73. The van der Waals surface area contributed by atoms with Crippen molar-refractivity contribution in [1.29, 1.82) is 0 Å². The number of carbonyl (C=O) groups excluding carboxylic acids is 1. The number of thiophene rings is 1. The fraction of sp³-hybridized carbons (Fsp3) is 0.292. The highest BCUT2D eigenvalue weighted by molar-refractivity contribution is 7.12. The zero-order valence-corrected chi connectivity index (χ0v) is 17.8. The number of amides is 1. The number of aryl methyl sites for hydroxylation is 1. The average Bonchev–Trinajstić information content (AvgIpc) is 3.22. The lowest BCUT2D eigenvalue weighted by molar-refractivity contribution is 0.0633. The molecule has 0 atom stereocenters. The van der Waals surface area contributed by atoms with Crippen molar-refractivity contribution >= 4 is 17.2 Å². The minimum atomic E-state index is -0.324. The summed E-state index contributed by atoms with van der Waals surface area (Å²) in [5.41, 5.74) is 3.51. The van der Waals surface area contributed by atoms with E-state index in [1.165, 1.54) is 34.6 Å². The molecule has 1 fully saturated rings. The molecule has 0 spiro atoms. The van der Waals surface area contributed by atoms with E-state index in [0.717, 1.165) is 43.2 Å². The normalized spacial score (nSPS) is 14.7. The highest BCUT2D eigenvalue weighted by Crippen LogP contribution is 2.21. The van der Waals surface area contributed by atoms with E-state index in [9.17, 15) is 9.18 Å². The quantitative estimate of drug-likeness (QED) is 0.573. The number of halogens is 1. The van der Waals surface area contributed by atoms with Crippen molar-refractivity contribution in [3.63, 3.8) is 0 Å². The first-order valence-corrected chi connectivity index (χ1v) is 11.0. The Bertz CT molecular complexity index is 1010. The van der Waals surface area contributed by atoms with Crippen molar-refractivity contribution in [3.8, 4) is 5.75 Å². The molecular formula is C24H25FN2O2S. The molecule has 1 aliphatic heterocycles. The highest BCUT2D eigenvalue weighted by Gasteiger charge is 2.23. The second-order valence-corrected chi connectivity index (χ2v) is 8.53. The zero-order valence-electron chi connectivity index (χ0n) is 17.0. The number of nitrogens with zero attached hydrogens (tertiary/aromatic N) is 2. The molecule has 0 bridgehead atoms. The lowest BCUT2D eigenvalue weighted by atomic mass is 10.1. The first kappa shape index (κ1) is 20.6. The molecule has 156 valence electrons. The number of carbonyl (C=O) groups is 1. The number of piperazine rings is 1. The van der Waals surface area contributed by atoms with Crippen LogP contribution in [0.2, 0.25) is 0 Å². The van der Waals surface area contributed by atoms with Gasteiger partial charge in [0.05, 0.1) is 4.88 Å². The van der Waals surface area contributed by atoms with Crippen LogP contribution in [0.25, 0.3) is 0 Å². The maximum absolute atomic E-state index is 13.2. The van der Waals surface area contributed by atoms with Gasteiger partial charge in [0.1, 0.15) is 18.2 Å². The molecule has 1 saturated heterocycles. The number of hydrogen-bond acceptors (Lipinski definition) is 4. The Hall–Kier alpha value is -2.70. The molecule has 0 saturated carbocycles. The average molecular weight is 425 g/mol. The van der Waals surface area contributed by atoms with Gasteiger partial charge in [-0.25, -0.2) is 4.39 Å². The van der Waals surface area contributed by atoms with Gasteiger partial charge in [0.2, 0.25) is 0 Å². The molecule has 0 unspecified atom stereocenters. The molecule has 4 nitrogen and oxygen atoms in total. The molecule has 1 amide bonds. The Kier molecular flexibility index (Phi) is 6.45. The van der Waals surface area contributed by atoms with E-state index < -0.39 is 0 Å². The summed E-state index contributed by atoms with van der Waals surface area (Å²) in [7, 11) is 0. The van der Waals surface area contributed by atoms with Crippen molar-refractivity contribution in [2.45, 2.75) is 20.1 Å². The maximum atomic E-state index is 13.2. The monoisotopic (exact) mass is 424 g/mol. The van der Waals surface area contributed by atoms with Gasteiger partial charge < -0.3 is 9.64 Å². The molecule has 0 radical (unpaired) electrons. The van der Waals surface area contributed by atoms with Crippen LogP contribution in [0.5, 0.6) is 5.75 Å². The topological polar surface area (TPSA) is 32.8 Å². The number of ether oxygens (including phenoxy) is 1. The lowest BCUT2D eigenvalue weighted by Crippen LogP contribution is -2.48. The minimum absolute atomic E-state index is 0.0761. The molecule has 0 N–H and O–H groups in total. The Morgan fingerprint density at radius 2 is 1.83 bits per heavy atom. The lowest BCUT2D eigenvalue weighted by Gasteiger charge is -2.34. The highest BCUT2D eigenvalue weighted by atomic mass is 32.1. The Morgan fingerprint density at radius 3 is 2.60 bits per heavy atom. The molecule has 2 heterocycles. The van der Waals surface area contributed by atoms with Crippen molar-refractivity contribution in [3.05, 3.63) is 87.4 Å². The molecule has 4 rings (SSSR count). The van der Waals surface area contributed by atoms with Gasteiger partial charge in [-0.3, -0.25) is 9.69 Å². The van der Waals surface area contributed by atoms with Crippen LogP contribution in [0.15, 0.2) is 60.0 Å². The van der Waals surface area contributed by atoms with Gasteiger partial charge in [-0.1, -0.05) is 35.9 Å². The van der Waals surface area contributed by atoms with Gasteiger partial charge >= 0.3 is 0 Å². The van der Waals surface area contributed by atoms with E-state index in [1.807, 2.05) is 16.3 Å². The largest absolute Gasteiger partial charge is 0.489 e. The van der Waals surface area contributed by atoms with E-state index >= 15 is 0 Å². The summed E-state index contributed by atoms with van der Waals surface area (Å²) in [6.45, 7) is 6.57. The number of rotatable bonds is 6. The van der Waals surface area contributed by atoms with E-state index in [4.69, 9.17) is 4.74 Å². The third-order valence-electron chi connectivity index (χ3n) is 5.21. The minimum Gasteiger partial charge on any atom is -0.489 e. The van der Waals surface area contributed by atoms with Crippen LogP contribution in [-0.2, 0) is 13.2 Å². The van der Waals surface area contributed by atoms with Crippen molar-refractivity contribution in [2.24, 2.45) is 0 Å². The molecule has 0 aliphatic carbocycles. The fourth-order valence-corrected chi connectivity index (χ4v) is 4.48. The molecule has 30 heavy (non-hydrogen) atoms.